The van der Waals surface area contributed by atoms with E-state index in [1.807, 2.05) is 0 Å². The van der Waals surface area contributed by atoms with E-state index in [4.69, 9.17) is 0 Å². The van der Waals surface area contributed by atoms with Crippen molar-refractivity contribution in [2.45, 2.75) is 0 Å². The average Bonchev–Trinajstić information content (AvgIpc) is 2.77. The molecule has 148 valence electrons. The molecule has 0 aromatic heterocycles. The van der Waals surface area contributed by atoms with Crippen LogP contribution < -0.4 is 0 Å². The van der Waals surface area contributed by atoms with Crippen LogP contribution in [0.2, 0.25) is 0 Å². The van der Waals surface area contributed by atoms with Crippen molar-refractivity contribution >= 4 is 23.9 Å². The molecule has 2 aromatic carbocycles. The molecule has 0 aliphatic rings. The maximum absolute atomic E-state index is 11.1. The van der Waals surface area contributed by atoms with E-state index in [1.165, 1.54) is 40.6 Å². The Bertz CT molecular complexity index is 723. The van der Waals surface area contributed by atoms with Gasteiger partial charge in [-0.25, -0.2) is 19.2 Å². The molecule has 0 bridgehead atoms. The molecule has 0 N–H and O–H groups in total. The van der Waals surface area contributed by atoms with Crippen molar-refractivity contribution in [3.05, 3.63) is 70.8 Å². The number of esters is 4. The van der Waals surface area contributed by atoms with Gasteiger partial charge in [0.05, 0.1) is 50.7 Å². The van der Waals surface area contributed by atoms with Crippen LogP contribution in [0.15, 0.2) is 48.5 Å². The first kappa shape index (κ1) is 22.4. The van der Waals surface area contributed by atoms with Crippen molar-refractivity contribution in [3.8, 4) is 0 Å². The Hall–Kier alpha value is -3.68. The highest BCUT2D eigenvalue weighted by atomic mass is 16.5. The summed E-state index contributed by atoms with van der Waals surface area (Å²) in [4.78, 5) is 44.4. The maximum atomic E-state index is 11.1. The lowest BCUT2D eigenvalue weighted by Gasteiger charge is -2.01. The van der Waals surface area contributed by atoms with E-state index in [-0.39, 0.29) is 0 Å². The highest BCUT2D eigenvalue weighted by Crippen LogP contribution is 2.08. The second-order valence-electron chi connectivity index (χ2n) is 5.13. The van der Waals surface area contributed by atoms with Crippen molar-refractivity contribution in [1.82, 2.24) is 0 Å². The molecule has 0 aliphatic heterocycles. The van der Waals surface area contributed by atoms with Crippen LogP contribution in [0.3, 0.4) is 0 Å². The van der Waals surface area contributed by atoms with E-state index in [0.29, 0.717) is 22.3 Å². The number of hydrogen-bond acceptors (Lipinski definition) is 8. The minimum atomic E-state index is -0.476. The molecular formula is C20H20O8. The summed E-state index contributed by atoms with van der Waals surface area (Å²) in [6.07, 6.45) is 0. The molecule has 0 spiro atoms. The monoisotopic (exact) mass is 388 g/mol. The largest absolute Gasteiger partial charge is 0.465 e. The second-order valence-corrected chi connectivity index (χ2v) is 5.13. The fourth-order valence-electron chi connectivity index (χ4n) is 2.02. The maximum Gasteiger partial charge on any atom is 0.337 e. The standard InChI is InChI=1S/2C10H10O4/c2*1-13-9(11)7-4-3-5-8(6-7)10(12)14-2/h2*3-6H,1-2H3. The van der Waals surface area contributed by atoms with Crippen LogP contribution in [0.4, 0.5) is 0 Å². The Morgan fingerprint density at radius 2 is 0.714 bits per heavy atom. The lowest BCUT2D eigenvalue weighted by atomic mass is 10.1. The smallest absolute Gasteiger partial charge is 0.337 e. The molecule has 0 aliphatic carbocycles. The number of methoxy groups -OCH3 is 4. The molecule has 2 rings (SSSR count). The molecule has 0 amide bonds. The van der Waals surface area contributed by atoms with Crippen molar-refractivity contribution < 1.29 is 38.1 Å². The number of carbonyl (C=O) groups is 4. The third-order valence-electron chi connectivity index (χ3n) is 3.41. The Morgan fingerprint density at radius 3 is 0.893 bits per heavy atom. The highest BCUT2D eigenvalue weighted by Gasteiger charge is 2.11. The summed E-state index contributed by atoms with van der Waals surface area (Å²) < 4.78 is 18.1. The van der Waals surface area contributed by atoms with Gasteiger partial charge in [0.25, 0.3) is 0 Å². The van der Waals surface area contributed by atoms with Gasteiger partial charge in [0.15, 0.2) is 0 Å². The Kier molecular flexibility index (Phi) is 8.88. The fourth-order valence-corrected chi connectivity index (χ4v) is 2.02. The summed E-state index contributed by atoms with van der Waals surface area (Å²) in [5.74, 6) is -1.90. The minimum absolute atomic E-state index is 0.329. The Labute approximate surface area is 162 Å². The van der Waals surface area contributed by atoms with Gasteiger partial charge in [-0.1, -0.05) is 12.1 Å². The first-order valence-corrected chi connectivity index (χ1v) is 7.91. The number of ether oxygens (including phenoxy) is 4. The molecule has 0 saturated heterocycles. The molecule has 0 saturated carbocycles. The first-order valence-electron chi connectivity index (χ1n) is 7.91. The average molecular weight is 388 g/mol. The van der Waals surface area contributed by atoms with Gasteiger partial charge < -0.3 is 18.9 Å². The van der Waals surface area contributed by atoms with Crippen molar-refractivity contribution in [3.63, 3.8) is 0 Å². The number of hydrogen-bond donors (Lipinski definition) is 0. The predicted molar refractivity (Wildman–Crippen MR) is 98.2 cm³/mol. The second kappa shape index (κ2) is 11.1. The van der Waals surface area contributed by atoms with E-state index in [1.54, 1.807) is 36.4 Å². The van der Waals surface area contributed by atoms with Gasteiger partial charge in [0.2, 0.25) is 0 Å². The van der Waals surface area contributed by atoms with Gasteiger partial charge in [-0.05, 0) is 36.4 Å². The van der Waals surface area contributed by atoms with Crippen molar-refractivity contribution in [2.75, 3.05) is 28.4 Å². The van der Waals surface area contributed by atoms with Gasteiger partial charge in [-0.2, -0.15) is 0 Å². The summed E-state index contributed by atoms with van der Waals surface area (Å²) in [7, 11) is 5.14. The molecule has 8 nitrogen and oxygen atoms in total. The summed E-state index contributed by atoms with van der Waals surface area (Å²) in [6.45, 7) is 0. The Morgan fingerprint density at radius 1 is 0.500 bits per heavy atom. The van der Waals surface area contributed by atoms with Gasteiger partial charge in [0.1, 0.15) is 0 Å². The van der Waals surface area contributed by atoms with E-state index in [9.17, 15) is 19.2 Å². The molecule has 2 aromatic rings. The van der Waals surface area contributed by atoms with Crippen molar-refractivity contribution in [1.29, 1.82) is 0 Å². The van der Waals surface area contributed by atoms with E-state index in [2.05, 4.69) is 18.9 Å². The molecule has 28 heavy (non-hydrogen) atoms. The summed E-state index contributed by atoms with van der Waals surface area (Å²) in [5.41, 5.74) is 1.32. The molecule has 0 fully saturated rings. The van der Waals surface area contributed by atoms with Crippen LogP contribution in [0.25, 0.3) is 0 Å². The number of carbonyl (C=O) groups excluding carboxylic acids is 4. The van der Waals surface area contributed by atoms with Gasteiger partial charge in [-0.15, -0.1) is 0 Å². The van der Waals surface area contributed by atoms with Crippen LogP contribution in [-0.2, 0) is 18.9 Å². The molecular weight excluding hydrogens is 368 g/mol. The number of benzene rings is 2. The summed E-state index contributed by atoms with van der Waals surface area (Å²) in [6, 6.07) is 12.3. The lowest BCUT2D eigenvalue weighted by Crippen LogP contribution is -2.05. The zero-order valence-corrected chi connectivity index (χ0v) is 15.9. The third kappa shape index (κ3) is 6.24. The summed E-state index contributed by atoms with van der Waals surface area (Å²) >= 11 is 0. The Balaban J connectivity index is 0.000000280. The lowest BCUT2D eigenvalue weighted by molar-refractivity contribution is 0.0581. The van der Waals surface area contributed by atoms with Crippen molar-refractivity contribution in [2.24, 2.45) is 0 Å². The molecule has 0 heterocycles. The zero-order chi connectivity index (χ0) is 21.1. The number of rotatable bonds is 4. The third-order valence-corrected chi connectivity index (χ3v) is 3.41. The topological polar surface area (TPSA) is 105 Å². The highest BCUT2D eigenvalue weighted by molar-refractivity contribution is 5.95. The molecule has 0 radical (unpaired) electrons. The quantitative estimate of drug-likeness (QED) is 0.581. The van der Waals surface area contributed by atoms with Crippen LogP contribution in [0.1, 0.15) is 41.4 Å². The fraction of sp³-hybridized carbons (Fsp3) is 0.200. The molecule has 0 unspecified atom stereocenters. The van der Waals surface area contributed by atoms with Crippen LogP contribution in [0.5, 0.6) is 0 Å². The van der Waals surface area contributed by atoms with Gasteiger partial charge in [-0.3, -0.25) is 0 Å². The first-order chi connectivity index (χ1) is 13.4. The minimum Gasteiger partial charge on any atom is -0.465 e. The van der Waals surface area contributed by atoms with Gasteiger partial charge in [0, 0.05) is 0 Å². The van der Waals surface area contributed by atoms with E-state index >= 15 is 0 Å². The summed E-state index contributed by atoms with van der Waals surface area (Å²) in [5, 5.41) is 0. The molecule has 0 atom stereocenters. The van der Waals surface area contributed by atoms with E-state index in [0.717, 1.165) is 0 Å². The van der Waals surface area contributed by atoms with Gasteiger partial charge >= 0.3 is 23.9 Å². The predicted octanol–water partition coefficient (Wildman–Crippen LogP) is 2.52. The SMILES string of the molecule is COC(=O)c1cccc(C(=O)OC)c1.COC(=O)c1cccc(C(=O)OC)c1. The van der Waals surface area contributed by atoms with Crippen LogP contribution in [0, 0.1) is 0 Å². The van der Waals surface area contributed by atoms with Crippen LogP contribution in [-0.4, -0.2) is 52.3 Å². The zero-order valence-electron chi connectivity index (χ0n) is 15.9. The van der Waals surface area contributed by atoms with E-state index < -0.39 is 23.9 Å². The van der Waals surface area contributed by atoms with Crippen LogP contribution >= 0.6 is 0 Å². The normalized spacial score (nSPS) is 9.29. The molecule has 8 heteroatoms.